The monoisotopic (exact) mass is 370 g/mol. The molecule has 3 aromatic heterocycles. The number of aryl methyl sites for hydroxylation is 2. The van der Waals surface area contributed by atoms with Crippen LogP contribution in [0.1, 0.15) is 18.3 Å². The summed E-state index contributed by atoms with van der Waals surface area (Å²) >= 11 is 0. The van der Waals surface area contributed by atoms with E-state index in [9.17, 15) is 0 Å². The van der Waals surface area contributed by atoms with Crippen LogP contribution < -0.4 is 4.74 Å². The Morgan fingerprint density at radius 1 is 1.04 bits per heavy atom. The van der Waals surface area contributed by atoms with Gasteiger partial charge in [-0.1, -0.05) is 30.3 Å². The van der Waals surface area contributed by atoms with Gasteiger partial charge in [-0.2, -0.15) is 4.98 Å². The maximum atomic E-state index is 6.01. The Balaban J connectivity index is 1.65. The van der Waals surface area contributed by atoms with E-state index in [1.807, 2.05) is 68.6 Å². The van der Waals surface area contributed by atoms with Crippen LogP contribution in [0.3, 0.4) is 0 Å². The van der Waals surface area contributed by atoms with Crippen LogP contribution in [0.4, 0.5) is 0 Å². The fourth-order valence-electron chi connectivity index (χ4n) is 3.43. The lowest BCUT2D eigenvalue weighted by Gasteiger charge is -2.06. The van der Waals surface area contributed by atoms with Crippen molar-refractivity contribution >= 4 is 21.8 Å². The number of nitrogens with one attached hydrogen (secondary N) is 1. The summed E-state index contributed by atoms with van der Waals surface area (Å²) in [5, 5.41) is 6.14. The molecule has 6 heteroatoms. The molecule has 0 amide bonds. The van der Waals surface area contributed by atoms with Crippen molar-refractivity contribution in [2.75, 3.05) is 0 Å². The van der Waals surface area contributed by atoms with E-state index in [0.717, 1.165) is 45.3 Å². The van der Waals surface area contributed by atoms with Crippen molar-refractivity contribution in [1.29, 1.82) is 0 Å². The molecule has 1 N–H and O–H groups in total. The second kappa shape index (κ2) is 6.49. The molecule has 28 heavy (non-hydrogen) atoms. The molecule has 0 unspecified atom stereocenters. The molecule has 0 bridgehead atoms. The summed E-state index contributed by atoms with van der Waals surface area (Å²) in [6.45, 7) is 4.02. The third-order valence-electron chi connectivity index (χ3n) is 4.82. The number of pyridine rings is 1. The zero-order chi connectivity index (χ0) is 19.1. The quantitative estimate of drug-likeness (QED) is 0.456. The predicted molar refractivity (Wildman–Crippen MR) is 108 cm³/mol. The molecule has 0 aliphatic rings. The third-order valence-corrected chi connectivity index (χ3v) is 4.82. The van der Waals surface area contributed by atoms with E-state index in [0.29, 0.717) is 17.4 Å². The van der Waals surface area contributed by atoms with Crippen LogP contribution in [0.25, 0.3) is 33.4 Å². The molecule has 5 rings (SSSR count). The first kappa shape index (κ1) is 16.5. The molecule has 0 fully saturated rings. The normalized spacial score (nSPS) is 11.4. The Morgan fingerprint density at radius 2 is 1.89 bits per heavy atom. The highest BCUT2D eigenvalue weighted by atomic mass is 16.5. The van der Waals surface area contributed by atoms with E-state index in [1.165, 1.54) is 0 Å². The van der Waals surface area contributed by atoms with Crippen molar-refractivity contribution in [2.24, 2.45) is 0 Å². The molecule has 5 aromatic rings. The number of para-hydroxylation sites is 1. The number of H-pyrrole nitrogens is 1. The van der Waals surface area contributed by atoms with Gasteiger partial charge in [0.15, 0.2) is 5.82 Å². The smallest absolute Gasteiger partial charge is 0.276 e. The van der Waals surface area contributed by atoms with Crippen molar-refractivity contribution in [2.45, 2.75) is 20.3 Å². The number of aromatic nitrogens is 4. The average Bonchev–Trinajstić information content (AvgIpc) is 3.33. The predicted octanol–water partition coefficient (Wildman–Crippen LogP) is 5.43. The molecule has 3 heterocycles. The van der Waals surface area contributed by atoms with Gasteiger partial charge in [0, 0.05) is 22.7 Å². The van der Waals surface area contributed by atoms with Crippen LogP contribution in [0, 0.1) is 6.92 Å². The Morgan fingerprint density at radius 3 is 2.68 bits per heavy atom. The van der Waals surface area contributed by atoms with Crippen molar-refractivity contribution in [3.05, 3.63) is 66.1 Å². The number of benzene rings is 2. The Hall–Kier alpha value is -3.67. The summed E-state index contributed by atoms with van der Waals surface area (Å²) in [7, 11) is 0. The number of hydrogen-bond acceptors (Lipinski definition) is 5. The number of aromatic amines is 1. The minimum atomic E-state index is 0.447. The van der Waals surface area contributed by atoms with Crippen molar-refractivity contribution in [1.82, 2.24) is 20.1 Å². The lowest BCUT2D eigenvalue weighted by molar-refractivity contribution is 0.422. The summed E-state index contributed by atoms with van der Waals surface area (Å²) in [5.74, 6) is 2.71. The Bertz CT molecular complexity index is 1290. The topological polar surface area (TPSA) is 76.8 Å². The van der Waals surface area contributed by atoms with E-state index >= 15 is 0 Å². The molecule has 6 nitrogen and oxygen atoms in total. The highest BCUT2D eigenvalue weighted by Gasteiger charge is 2.17. The van der Waals surface area contributed by atoms with Crippen LogP contribution in [-0.4, -0.2) is 20.1 Å². The van der Waals surface area contributed by atoms with Crippen molar-refractivity contribution in [3.63, 3.8) is 0 Å². The summed E-state index contributed by atoms with van der Waals surface area (Å²) in [6.07, 6.45) is 2.53. The summed E-state index contributed by atoms with van der Waals surface area (Å²) in [6, 6.07) is 15.8. The van der Waals surface area contributed by atoms with E-state index < -0.39 is 0 Å². The second-order valence-corrected chi connectivity index (χ2v) is 6.64. The molecule has 0 saturated heterocycles. The summed E-state index contributed by atoms with van der Waals surface area (Å²) in [4.78, 5) is 12.4. The first-order valence-electron chi connectivity index (χ1n) is 9.20. The number of hydrogen-bond donors (Lipinski definition) is 1. The molecule has 0 atom stereocenters. The van der Waals surface area contributed by atoms with Gasteiger partial charge in [0.25, 0.3) is 5.89 Å². The molecule has 0 radical (unpaired) electrons. The van der Waals surface area contributed by atoms with E-state index in [4.69, 9.17) is 9.26 Å². The summed E-state index contributed by atoms with van der Waals surface area (Å²) < 4.78 is 11.4. The lowest BCUT2D eigenvalue weighted by atomic mass is 10.1. The Labute approximate surface area is 161 Å². The lowest BCUT2D eigenvalue weighted by Crippen LogP contribution is -1.90. The molecule has 2 aromatic carbocycles. The SMILES string of the molecule is CCc1noc(-c2ncc3[nH]c4ccc(Oc5ccccc5)cc4c3c2C)n1. The maximum absolute atomic E-state index is 6.01. The third kappa shape index (κ3) is 2.70. The van der Waals surface area contributed by atoms with Gasteiger partial charge in [0.05, 0.1) is 11.7 Å². The number of nitrogens with zero attached hydrogens (tertiary/aromatic N) is 3. The molecule has 0 spiro atoms. The van der Waals surface area contributed by atoms with Crippen LogP contribution in [-0.2, 0) is 6.42 Å². The van der Waals surface area contributed by atoms with Gasteiger partial charge in [-0.05, 0) is 42.8 Å². The van der Waals surface area contributed by atoms with Gasteiger partial charge in [0.2, 0.25) is 0 Å². The summed E-state index contributed by atoms with van der Waals surface area (Å²) in [5.41, 5.74) is 3.68. The molecule has 138 valence electrons. The zero-order valence-electron chi connectivity index (χ0n) is 15.6. The first-order valence-corrected chi connectivity index (χ1v) is 9.20. The van der Waals surface area contributed by atoms with Crippen LogP contribution >= 0.6 is 0 Å². The molecule has 0 saturated carbocycles. The van der Waals surface area contributed by atoms with Crippen LogP contribution in [0.5, 0.6) is 11.5 Å². The van der Waals surface area contributed by atoms with Crippen LogP contribution in [0.15, 0.2) is 59.3 Å². The van der Waals surface area contributed by atoms with Crippen molar-refractivity contribution < 1.29 is 9.26 Å². The Kier molecular flexibility index (Phi) is 3.83. The fraction of sp³-hybridized carbons (Fsp3) is 0.136. The van der Waals surface area contributed by atoms with Gasteiger partial charge in [-0.15, -0.1) is 0 Å². The standard InChI is InChI=1S/C22H18N4O2/c1-3-19-25-22(28-26-19)21-13(2)20-16-11-15(27-14-7-5-4-6-8-14)9-10-17(16)24-18(20)12-23-21/h4-12,24H,3H2,1-2H3. The van der Waals surface area contributed by atoms with Gasteiger partial charge < -0.3 is 14.2 Å². The van der Waals surface area contributed by atoms with Crippen molar-refractivity contribution in [3.8, 4) is 23.1 Å². The minimum absolute atomic E-state index is 0.447. The van der Waals surface area contributed by atoms with E-state index in [2.05, 4.69) is 20.1 Å². The van der Waals surface area contributed by atoms with Gasteiger partial charge >= 0.3 is 0 Å². The average molecular weight is 370 g/mol. The van der Waals surface area contributed by atoms with E-state index in [-0.39, 0.29) is 0 Å². The number of fused-ring (bicyclic) bond motifs is 3. The number of ether oxygens (including phenoxy) is 1. The minimum Gasteiger partial charge on any atom is -0.457 e. The fourth-order valence-corrected chi connectivity index (χ4v) is 3.43. The number of rotatable bonds is 4. The highest BCUT2D eigenvalue weighted by molar-refractivity contribution is 6.10. The van der Waals surface area contributed by atoms with E-state index in [1.54, 1.807) is 0 Å². The van der Waals surface area contributed by atoms with Gasteiger partial charge in [-0.25, -0.2) is 4.98 Å². The highest BCUT2D eigenvalue weighted by Crippen LogP contribution is 2.35. The van der Waals surface area contributed by atoms with Gasteiger partial charge in [-0.3, -0.25) is 0 Å². The first-order chi connectivity index (χ1) is 13.7. The van der Waals surface area contributed by atoms with Crippen LogP contribution in [0.2, 0.25) is 0 Å². The molecular weight excluding hydrogens is 352 g/mol. The zero-order valence-corrected chi connectivity index (χ0v) is 15.6. The van der Waals surface area contributed by atoms with Gasteiger partial charge in [0.1, 0.15) is 17.2 Å². The largest absolute Gasteiger partial charge is 0.457 e. The second-order valence-electron chi connectivity index (χ2n) is 6.64. The molecule has 0 aliphatic carbocycles. The molecular formula is C22H18N4O2. The maximum Gasteiger partial charge on any atom is 0.276 e. The molecule has 0 aliphatic heterocycles.